The summed E-state index contributed by atoms with van der Waals surface area (Å²) in [5.74, 6) is 0. The van der Waals surface area contributed by atoms with Crippen molar-refractivity contribution < 1.29 is 0 Å². The molecule has 0 aromatic carbocycles. The van der Waals surface area contributed by atoms with Gasteiger partial charge in [-0.1, -0.05) is 0 Å². The molecule has 0 saturated heterocycles. The molecule has 0 aliphatic heterocycles. The van der Waals surface area contributed by atoms with Gasteiger partial charge in [-0.2, -0.15) is 0 Å². The van der Waals surface area contributed by atoms with Crippen molar-refractivity contribution in [2.24, 2.45) is 0 Å². The predicted octanol–water partition coefficient (Wildman–Crippen LogP) is 0.730. The topological polar surface area (TPSA) is 42.2 Å². The predicted molar refractivity (Wildman–Crippen MR) is 43.0 cm³/mol. The summed E-state index contributed by atoms with van der Waals surface area (Å²) in [5, 5.41) is 0. The number of hydrogen-bond acceptors (Lipinski definition) is 3. The first kappa shape index (κ1) is 6.86. The highest BCUT2D eigenvalue weighted by molar-refractivity contribution is 5.52. The van der Waals surface area contributed by atoms with E-state index in [4.69, 9.17) is 5.73 Å². The number of anilines is 2. The minimum atomic E-state index is 0.700. The summed E-state index contributed by atoms with van der Waals surface area (Å²) in [7, 11) is 3.91. The Kier molecular flexibility index (Phi) is 1.76. The summed E-state index contributed by atoms with van der Waals surface area (Å²) in [6, 6.07) is 1.88. The normalized spacial score (nSPS) is 9.40. The Morgan fingerprint density at radius 2 is 2.10 bits per heavy atom. The van der Waals surface area contributed by atoms with Crippen molar-refractivity contribution in [2.75, 3.05) is 24.7 Å². The summed E-state index contributed by atoms with van der Waals surface area (Å²) in [4.78, 5) is 5.90. The molecule has 3 heteroatoms. The van der Waals surface area contributed by atoms with Crippen LogP contribution in [-0.2, 0) is 0 Å². The van der Waals surface area contributed by atoms with Gasteiger partial charge in [0.2, 0.25) is 0 Å². The van der Waals surface area contributed by atoms with Crippen LogP contribution in [0.5, 0.6) is 0 Å². The van der Waals surface area contributed by atoms with Gasteiger partial charge in [0.1, 0.15) is 0 Å². The van der Waals surface area contributed by atoms with E-state index in [-0.39, 0.29) is 0 Å². The average Bonchev–Trinajstić information content (AvgIpc) is 1.88. The number of rotatable bonds is 1. The Morgan fingerprint density at radius 1 is 1.40 bits per heavy atom. The van der Waals surface area contributed by atoms with Crippen molar-refractivity contribution in [3.8, 4) is 0 Å². The quantitative estimate of drug-likeness (QED) is 0.620. The van der Waals surface area contributed by atoms with Gasteiger partial charge >= 0.3 is 0 Å². The van der Waals surface area contributed by atoms with Crippen LogP contribution < -0.4 is 10.6 Å². The van der Waals surface area contributed by atoms with Gasteiger partial charge in [0.05, 0.1) is 17.6 Å². The lowest BCUT2D eigenvalue weighted by atomic mass is 10.4. The second kappa shape index (κ2) is 2.56. The third-order valence-corrected chi connectivity index (χ3v) is 1.26. The van der Waals surface area contributed by atoms with Gasteiger partial charge in [0.15, 0.2) is 0 Å². The average molecular weight is 137 g/mol. The molecule has 54 valence electrons. The van der Waals surface area contributed by atoms with E-state index in [1.165, 1.54) is 0 Å². The van der Waals surface area contributed by atoms with Crippen LogP contribution >= 0.6 is 0 Å². The molecule has 1 rings (SSSR count). The number of pyridine rings is 1. The molecule has 0 spiro atoms. The first-order chi connectivity index (χ1) is 4.70. The fourth-order valence-electron chi connectivity index (χ4n) is 0.690. The van der Waals surface area contributed by atoms with E-state index in [1.807, 2.05) is 25.1 Å². The molecule has 0 atom stereocenters. The fourth-order valence-corrected chi connectivity index (χ4v) is 0.690. The highest BCUT2D eigenvalue weighted by atomic mass is 15.1. The SMILES string of the molecule is CN(C)c1cncc(N)c1. The van der Waals surface area contributed by atoms with Crippen molar-refractivity contribution in [2.45, 2.75) is 0 Å². The third kappa shape index (κ3) is 1.37. The van der Waals surface area contributed by atoms with Crippen molar-refractivity contribution in [1.82, 2.24) is 4.98 Å². The monoisotopic (exact) mass is 137 g/mol. The van der Waals surface area contributed by atoms with Crippen LogP contribution in [0.4, 0.5) is 11.4 Å². The fraction of sp³-hybridized carbons (Fsp3) is 0.286. The Bertz CT molecular complexity index is 220. The van der Waals surface area contributed by atoms with Gasteiger partial charge in [-0.15, -0.1) is 0 Å². The van der Waals surface area contributed by atoms with Crippen molar-refractivity contribution in [3.63, 3.8) is 0 Å². The molecule has 3 nitrogen and oxygen atoms in total. The Hall–Kier alpha value is -1.25. The van der Waals surface area contributed by atoms with Gasteiger partial charge in [-0.3, -0.25) is 4.98 Å². The van der Waals surface area contributed by atoms with Crippen LogP contribution in [0.3, 0.4) is 0 Å². The van der Waals surface area contributed by atoms with E-state index in [0.717, 1.165) is 5.69 Å². The lowest BCUT2D eigenvalue weighted by Gasteiger charge is -2.11. The van der Waals surface area contributed by atoms with Gasteiger partial charge in [-0.25, -0.2) is 0 Å². The van der Waals surface area contributed by atoms with Crippen LogP contribution in [0.25, 0.3) is 0 Å². The van der Waals surface area contributed by atoms with Gasteiger partial charge in [0.25, 0.3) is 0 Å². The smallest absolute Gasteiger partial charge is 0.0568 e. The molecule has 0 aliphatic carbocycles. The van der Waals surface area contributed by atoms with Gasteiger partial charge in [0, 0.05) is 20.3 Å². The maximum atomic E-state index is 5.51. The Labute approximate surface area is 60.5 Å². The molecular weight excluding hydrogens is 126 g/mol. The molecule has 0 amide bonds. The molecule has 2 N–H and O–H groups in total. The summed E-state index contributed by atoms with van der Waals surface area (Å²) in [6.07, 6.45) is 3.41. The van der Waals surface area contributed by atoms with Crippen LogP contribution in [0.2, 0.25) is 0 Å². The number of aromatic nitrogens is 1. The molecule has 0 radical (unpaired) electrons. The van der Waals surface area contributed by atoms with E-state index < -0.39 is 0 Å². The maximum Gasteiger partial charge on any atom is 0.0568 e. The van der Waals surface area contributed by atoms with E-state index in [0.29, 0.717) is 5.69 Å². The molecule has 1 aromatic rings. The minimum Gasteiger partial charge on any atom is -0.397 e. The van der Waals surface area contributed by atoms with E-state index in [2.05, 4.69) is 4.98 Å². The van der Waals surface area contributed by atoms with Crippen LogP contribution in [0.15, 0.2) is 18.5 Å². The minimum absolute atomic E-state index is 0.700. The zero-order valence-corrected chi connectivity index (χ0v) is 6.20. The number of nitrogen functional groups attached to an aromatic ring is 1. The second-order valence-corrected chi connectivity index (χ2v) is 2.37. The van der Waals surface area contributed by atoms with E-state index in [1.54, 1.807) is 12.4 Å². The molecule has 10 heavy (non-hydrogen) atoms. The highest BCUT2D eigenvalue weighted by Gasteiger charge is 1.93. The molecule has 0 aliphatic rings. The number of nitrogens with two attached hydrogens (primary N) is 1. The molecule has 0 unspecified atom stereocenters. The number of nitrogens with zero attached hydrogens (tertiary/aromatic N) is 2. The molecule has 1 heterocycles. The maximum absolute atomic E-state index is 5.51. The first-order valence-corrected chi connectivity index (χ1v) is 3.08. The lowest BCUT2D eigenvalue weighted by molar-refractivity contribution is 1.11. The van der Waals surface area contributed by atoms with Crippen molar-refractivity contribution in [1.29, 1.82) is 0 Å². The van der Waals surface area contributed by atoms with Crippen molar-refractivity contribution >= 4 is 11.4 Å². The Morgan fingerprint density at radius 3 is 2.50 bits per heavy atom. The lowest BCUT2D eigenvalue weighted by Crippen LogP contribution is -2.09. The second-order valence-electron chi connectivity index (χ2n) is 2.37. The van der Waals surface area contributed by atoms with Crippen molar-refractivity contribution in [3.05, 3.63) is 18.5 Å². The molecule has 0 fully saturated rings. The zero-order chi connectivity index (χ0) is 7.56. The third-order valence-electron chi connectivity index (χ3n) is 1.26. The zero-order valence-electron chi connectivity index (χ0n) is 6.20. The standard InChI is InChI=1S/C7H11N3/c1-10(2)7-3-6(8)4-9-5-7/h3-5H,8H2,1-2H3. The van der Waals surface area contributed by atoms with E-state index >= 15 is 0 Å². The van der Waals surface area contributed by atoms with Gasteiger partial charge < -0.3 is 10.6 Å². The largest absolute Gasteiger partial charge is 0.397 e. The molecular formula is C7H11N3. The molecule has 0 bridgehead atoms. The van der Waals surface area contributed by atoms with Crippen LogP contribution in [-0.4, -0.2) is 19.1 Å². The number of hydrogen-bond donors (Lipinski definition) is 1. The molecule has 0 saturated carbocycles. The molecule has 1 aromatic heterocycles. The van der Waals surface area contributed by atoms with Gasteiger partial charge in [-0.05, 0) is 6.07 Å². The Balaban J connectivity index is 2.96. The van der Waals surface area contributed by atoms with Crippen LogP contribution in [0.1, 0.15) is 0 Å². The van der Waals surface area contributed by atoms with Crippen LogP contribution in [0, 0.1) is 0 Å². The van der Waals surface area contributed by atoms with E-state index in [9.17, 15) is 0 Å². The highest BCUT2D eigenvalue weighted by Crippen LogP contribution is 2.11. The summed E-state index contributed by atoms with van der Waals surface area (Å²) in [5.41, 5.74) is 7.24. The summed E-state index contributed by atoms with van der Waals surface area (Å²) >= 11 is 0. The first-order valence-electron chi connectivity index (χ1n) is 3.08. The summed E-state index contributed by atoms with van der Waals surface area (Å²) < 4.78 is 0. The summed E-state index contributed by atoms with van der Waals surface area (Å²) in [6.45, 7) is 0.